The molecule has 0 aromatic heterocycles. The SMILES string of the molecule is CN(CCCN)c1ccc2c(c1)CCC(=O)N2C. The van der Waals surface area contributed by atoms with Crippen molar-refractivity contribution in [1.29, 1.82) is 0 Å². The van der Waals surface area contributed by atoms with Crippen LogP contribution in [0.15, 0.2) is 18.2 Å². The Morgan fingerprint density at radius 1 is 1.39 bits per heavy atom. The van der Waals surface area contributed by atoms with Crippen molar-refractivity contribution in [2.45, 2.75) is 19.3 Å². The van der Waals surface area contributed by atoms with Gasteiger partial charge in [-0.1, -0.05) is 0 Å². The molecule has 0 aliphatic carbocycles. The van der Waals surface area contributed by atoms with Gasteiger partial charge < -0.3 is 15.5 Å². The first-order valence-electron chi connectivity index (χ1n) is 6.44. The van der Waals surface area contributed by atoms with Gasteiger partial charge in [-0.15, -0.1) is 0 Å². The highest BCUT2D eigenvalue weighted by Crippen LogP contribution is 2.30. The van der Waals surface area contributed by atoms with Crippen LogP contribution < -0.4 is 15.5 Å². The van der Waals surface area contributed by atoms with Crippen LogP contribution >= 0.6 is 0 Å². The zero-order chi connectivity index (χ0) is 13.1. The third-order valence-corrected chi connectivity index (χ3v) is 3.55. The number of nitrogens with two attached hydrogens (primary N) is 1. The Morgan fingerprint density at radius 3 is 2.89 bits per heavy atom. The van der Waals surface area contributed by atoms with Gasteiger partial charge in [0.25, 0.3) is 0 Å². The summed E-state index contributed by atoms with van der Waals surface area (Å²) in [5.41, 5.74) is 9.03. The van der Waals surface area contributed by atoms with Crippen molar-refractivity contribution in [2.75, 3.05) is 37.0 Å². The van der Waals surface area contributed by atoms with E-state index in [2.05, 4.69) is 24.1 Å². The average Bonchev–Trinajstić information content (AvgIpc) is 2.40. The summed E-state index contributed by atoms with van der Waals surface area (Å²) in [5.74, 6) is 0.201. The summed E-state index contributed by atoms with van der Waals surface area (Å²) < 4.78 is 0. The van der Waals surface area contributed by atoms with Gasteiger partial charge in [0.1, 0.15) is 0 Å². The molecule has 1 heterocycles. The van der Waals surface area contributed by atoms with E-state index in [4.69, 9.17) is 5.73 Å². The highest BCUT2D eigenvalue weighted by molar-refractivity contribution is 5.96. The van der Waals surface area contributed by atoms with Gasteiger partial charge in [0.2, 0.25) is 5.91 Å². The maximum Gasteiger partial charge on any atom is 0.227 e. The summed E-state index contributed by atoms with van der Waals surface area (Å²) in [5, 5.41) is 0. The highest BCUT2D eigenvalue weighted by Gasteiger charge is 2.21. The fourth-order valence-electron chi connectivity index (χ4n) is 2.34. The lowest BCUT2D eigenvalue weighted by molar-refractivity contribution is -0.118. The van der Waals surface area contributed by atoms with Crippen molar-refractivity contribution in [2.24, 2.45) is 5.73 Å². The van der Waals surface area contributed by atoms with E-state index in [1.54, 1.807) is 4.90 Å². The normalized spacial score (nSPS) is 14.6. The minimum Gasteiger partial charge on any atom is -0.375 e. The molecule has 0 atom stereocenters. The van der Waals surface area contributed by atoms with Gasteiger partial charge in [0, 0.05) is 38.4 Å². The van der Waals surface area contributed by atoms with E-state index in [0.29, 0.717) is 13.0 Å². The van der Waals surface area contributed by atoms with Crippen LogP contribution in [-0.2, 0) is 11.2 Å². The number of anilines is 2. The minimum absolute atomic E-state index is 0.201. The fraction of sp³-hybridized carbons (Fsp3) is 0.500. The van der Waals surface area contributed by atoms with Crippen LogP contribution in [0.1, 0.15) is 18.4 Å². The largest absolute Gasteiger partial charge is 0.375 e. The van der Waals surface area contributed by atoms with E-state index >= 15 is 0 Å². The van der Waals surface area contributed by atoms with Gasteiger partial charge in [-0.25, -0.2) is 0 Å². The molecule has 0 fully saturated rings. The molecular formula is C14H21N3O. The Kier molecular flexibility index (Phi) is 3.87. The summed E-state index contributed by atoms with van der Waals surface area (Å²) in [7, 11) is 3.92. The molecular weight excluding hydrogens is 226 g/mol. The van der Waals surface area contributed by atoms with Crippen molar-refractivity contribution in [3.8, 4) is 0 Å². The lowest BCUT2D eigenvalue weighted by atomic mass is 10.0. The number of hydrogen-bond donors (Lipinski definition) is 1. The molecule has 2 N–H and O–H groups in total. The fourth-order valence-corrected chi connectivity index (χ4v) is 2.34. The zero-order valence-electron chi connectivity index (χ0n) is 11.1. The topological polar surface area (TPSA) is 49.6 Å². The summed E-state index contributed by atoms with van der Waals surface area (Å²) in [6, 6.07) is 6.31. The van der Waals surface area contributed by atoms with E-state index in [1.807, 2.05) is 13.1 Å². The number of carbonyl (C=O) groups excluding carboxylic acids is 1. The molecule has 1 aromatic carbocycles. The predicted molar refractivity (Wildman–Crippen MR) is 75.1 cm³/mol. The quantitative estimate of drug-likeness (QED) is 0.874. The molecule has 1 aliphatic heterocycles. The molecule has 0 saturated heterocycles. The van der Waals surface area contributed by atoms with Crippen LogP contribution in [0.2, 0.25) is 0 Å². The van der Waals surface area contributed by atoms with Crippen molar-refractivity contribution in [3.05, 3.63) is 23.8 Å². The van der Waals surface area contributed by atoms with Crippen LogP contribution in [-0.4, -0.2) is 33.1 Å². The molecule has 4 nitrogen and oxygen atoms in total. The third-order valence-electron chi connectivity index (χ3n) is 3.55. The summed E-state index contributed by atoms with van der Waals surface area (Å²) >= 11 is 0. The number of amides is 1. The number of benzene rings is 1. The van der Waals surface area contributed by atoms with Gasteiger partial charge in [0.15, 0.2) is 0 Å². The number of nitrogens with zero attached hydrogens (tertiary/aromatic N) is 2. The molecule has 0 bridgehead atoms. The van der Waals surface area contributed by atoms with Crippen LogP contribution in [0.25, 0.3) is 0 Å². The number of fused-ring (bicyclic) bond motifs is 1. The van der Waals surface area contributed by atoms with Gasteiger partial charge in [-0.05, 0) is 43.1 Å². The lowest BCUT2D eigenvalue weighted by Crippen LogP contribution is -2.31. The summed E-state index contributed by atoms with van der Waals surface area (Å²) in [6.45, 7) is 1.68. The Bertz CT molecular complexity index is 445. The molecule has 1 aliphatic rings. The summed E-state index contributed by atoms with van der Waals surface area (Å²) in [4.78, 5) is 15.6. The molecule has 1 amide bonds. The molecule has 98 valence electrons. The second-order valence-corrected chi connectivity index (χ2v) is 4.83. The molecule has 4 heteroatoms. The number of aryl methyl sites for hydroxylation is 1. The first-order valence-corrected chi connectivity index (χ1v) is 6.44. The minimum atomic E-state index is 0.201. The van der Waals surface area contributed by atoms with Crippen LogP contribution in [0.3, 0.4) is 0 Å². The molecule has 1 aromatic rings. The average molecular weight is 247 g/mol. The van der Waals surface area contributed by atoms with Crippen molar-refractivity contribution < 1.29 is 4.79 Å². The molecule has 0 radical (unpaired) electrons. The van der Waals surface area contributed by atoms with Gasteiger partial charge in [0.05, 0.1) is 0 Å². The summed E-state index contributed by atoms with van der Waals surface area (Å²) in [6.07, 6.45) is 2.45. The van der Waals surface area contributed by atoms with Gasteiger partial charge in [-0.3, -0.25) is 4.79 Å². The molecule has 2 rings (SSSR count). The zero-order valence-corrected chi connectivity index (χ0v) is 11.1. The van der Waals surface area contributed by atoms with E-state index < -0.39 is 0 Å². The Balaban J connectivity index is 2.20. The second kappa shape index (κ2) is 5.40. The Morgan fingerprint density at radius 2 is 2.17 bits per heavy atom. The van der Waals surface area contributed by atoms with Crippen molar-refractivity contribution in [3.63, 3.8) is 0 Å². The van der Waals surface area contributed by atoms with Crippen molar-refractivity contribution >= 4 is 17.3 Å². The Labute approximate surface area is 108 Å². The Hall–Kier alpha value is -1.55. The number of rotatable bonds is 4. The number of hydrogen-bond acceptors (Lipinski definition) is 3. The van der Waals surface area contributed by atoms with E-state index in [0.717, 1.165) is 25.1 Å². The first kappa shape index (κ1) is 12.9. The molecule has 0 unspecified atom stereocenters. The molecule has 0 spiro atoms. The standard InChI is InChI=1S/C14H21N3O/c1-16(9-3-8-15)12-5-6-13-11(10-12)4-7-14(18)17(13)2/h5-6,10H,3-4,7-9,15H2,1-2H3. The smallest absolute Gasteiger partial charge is 0.227 e. The first-order chi connectivity index (χ1) is 8.63. The van der Waals surface area contributed by atoms with Gasteiger partial charge >= 0.3 is 0 Å². The van der Waals surface area contributed by atoms with E-state index in [9.17, 15) is 4.79 Å². The lowest BCUT2D eigenvalue weighted by Gasteiger charge is -2.28. The van der Waals surface area contributed by atoms with Crippen LogP contribution in [0.5, 0.6) is 0 Å². The van der Waals surface area contributed by atoms with E-state index in [-0.39, 0.29) is 5.91 Å². The van der Waals surface area contributed by atoms with E-state index in [1.165, 1.54) is 11.3 Å². The maximum atomic E-state index is 11.6. The molecule has 18 heavy (non-hydrogen) atoms. The second-order valence-electron chi connectivity index (χ2n) is 4.83. The monoisotopic (exact) mass is 247 g/mol. The number of carbonyl (C=O) groups is 1. The van der Waals surface area contributed by atoms with Gasteiger partial charge in [-0.2, -0.15) is 0 Å². The van der Waals surface area contributed by atoms with Crippen molar-refractivity contribution in [1.82, 2.24) is 0 Å². The maximum absolute atomic E-state index is 11.6. The third kappa shape index (κ3) is 2.48. The highest BCUT2D eigenvalue weighted by atomic mass is 16.2. The predicted octanol–water partition coefficient (Wildman–Crippen LogP) is 1.38. The van der Waals surface area contributed by atoms with Crippen LogP contribution in [0.4, 0.5) is 11.4 Å². The van der Waals surface area contributed by atoms with Crippen LogP contribution in [0, 0.1) is 0 Å². The molecule has 0 saturated carbocycles.